The summed E-state index contributed by atoms with van der Waals surface area (Å²) in [6.45, 7) is 3.89. The van der Waals surface area contributed by atoms with E-state index in [1.807, 2.05) is 36.7 Å². The van der Waals surface area contributed by atoms with E-state index in [0.717, 1.165) is 23.5 Å². The van der Waals surface area contributed by atoms with Gasteiger partial charge in [-0.05, 0) is 63.4 Å². The van der Waals surface area contributed by atoms with Crippen LogP contribution in [0.1, 0.15) is 41.0 Å². The first kappa shape index (κ1) is 15.3. The zero-order chi connectivity index (χ0) is 16.6. The Bertz CT molecular complexity index is 758. The van der Waals surface area contributed by atoms with Crippen LogP contribution in [0.3, 0.4) is 0 Å². The molecule has 0 aliphatic heterocycles. The second-order valence-electron chi connectivity index (χ2n) is 6.08. The Morgan fingerprint density at radius 1 is 1.22 bits per heavy atom. The molecule has 1 aromatic heterocycles. The van der Waals surface area contributed by atoms with Crippen LogP contribution in [-0.2, 0) is 4.79 Å². The number of amides is 1. The van der Waals surface area contributed by atoms with Gasteiger partial charge in [0.1, 0.15) is 5.54 Å². The van der Waals surface area contributed by atoms with Gasteiger partial charge in [-0.1, -0.05) is 0 Å². The summed E-state index contributed by atoms with van der Waals surface area (Å²) >= 11 is 0. The van der Waals surface area contributed by atoms with Crippen LogP contribution in [0, 0.1) is 13.8 Å². The number of carboxylic acids is 1. The van der Waals surface area contributed by atoms with Gasteiger partial charge < -0.3 is 10.4 Å². The van der Waals surface area contributed by atoms with Crippen molar-refractivity contribution in [3.8, 4) is 5.69 Å². The van der Waals surface area contributed by atoms with Crippen molar-refractivity contribution in [2.24, 2.45) is 0 Å². The predicted octanol–water partition coefficient (Wildman–Crippen LogP) is 2.23. The van der Waals surface area contributed by atoms with Gasteiger partial charge in [0.2, 0.25) is 0 Å². The molecule has 0 spiro atoms. The first-order valence-electron chi connectivity index (χ1n) is 7.61. The molecule has 0 atom stereocenters. The Labute approximate surface area is 134 Å². The zero-order valence-corrected chi connectivity index (χ0v) is 13.2. The average Bonchev–Trinajstić information content (AvgIpc) is 2.81. The van der Waals surface area contributed by atoms with Crippen LogP contribution >= 0.6 is 0 Å². The number of aliphatic carboxylic acids is 1. The second-order valence-corrected chi connectivity index (χ2v) is 6.08. The van der Waals surface area contributed by atoms with Gasteiger partial charge in [-0.2, -0.15) is 5.10 Å². The number of nitrogens with one attached hydrogen (secondary N) is 1. The van der Waals surface area contributed by atoms with Gasteiger partial charge >= 0.3 is 5.97 Å². The fourth-order valence-corrected chi connectivity index (χ4v) is 2.86. The fourth-order valence-electron chi connectivity index (χ4n) is 2.86. The minimum atomic E-state index is -1.09. The lowest BCUT2D eigenvalue weighted by Gasteiger charge is -2.38. The van der Waals surface area contributed by atoms with Crippen molar-refractivity contribution in [2.75, 3.05) is 0 Å². The maximum absolute atomic E-state index is 12.3. The standard InChI is InChI=1S/C17H19N3O3/c1-11-10-12(2)20(19-11)14-6-4-13(5-7-14)15(21)18-17(16(22)23)8-3-9-17/h4-7,10H,3,8-9H2,1-2H3,(H,18,21)(H,22,23). The molecule has 1 heterocycles. The Hall–Kier alpha value is -2.63. The summed E-state index contributed by atoms with van der Waals surface area (Å²) in [5.41, 5.74) is 2.16. The normalized spacial score (nSPS) is 15.7. The van der Waals surface area contributed by atoms with E-state index in [4.69, 9.17) is 0 Å². The van der Waals surface area contributed by atoms with E-state index in [9.17, 15) is 14.7 Å². The maximum Gasteiger partial charge on any atom is 0.329 e. The van der Waals surface area contributed by atoms with Gasteiger partial charge in [-0.3, -0.25) is 4.79 Å². The first-order valence-corrected chi connectivity index (χ1v) is 7.61. The lowest BCUT2D eigenvalue weighted by Crippen LogP contribution is -2.59. The van der Waals surface area contributed by atoms with E-state index in [0.29, 0.717) is 18.4 Å². The third-order valence-corrected chi connectivity index (χ3v) is 4.35. The number of rotatable bonds is 4. The summed E-state index contributed by atoms with van der Waals surface area (Å²) in [5, 5.41) is 16.3. The molecule has 0 bridgehead atoms. The molecule has 6 nitrogen and oxygen atoms in total. The van der Waals surface area contributed by atoms with Crippen molar-refractivity contribution in [3.05, 3.63) is 47.3 Å². The summed E-state index contributed by atoms with van der Waals surface area (Å²) < 4.78 is 1.81. The highest BCUT2D eigenvalue weighted by molar-refractivity contribution is 5.98. The molecule has 3 rings (SSSR count). The maximum atomic E-state index is 12.3. The topological polar surface area (TPSA) is 84.2 Å². The number of carbonyl (C=O) groups excluding carboxylic acids is 1. The van der Waals surface area contributed by atoms with Gasteiger partial charge in [0.25, 0.3) is 5.91 Å². The first-order chi connectivity index (χ1) is 10.9. The highest BCUT2D eigenvalue weighted by Crippen LogP contribution is 2.32. The van der Waals surface area contributed by atoms with Crippen molar-refractivity contribution in [3.63, 3.8) is 0 Å². The van der Waals surface area contributed by atoms with Crippen LogP contribution in [0.2, 0.25) is 0 Å². The summed E-state index contributed by atoms with van der Waals surface area (Å²) in [6, 6.07) is 8.98. The summed E-state index contributed by atoms with van der Waals surface area (Å²) in [4.78, 5) is 23.6. The van der Waals surface area contributed by atoms with Crippen molar-refractivity contribution in [1.29, 1.82) is 0 Å². The molecule has 1 fully saturated rings. The zero-order valence-electron chi connectivity index (χ0n) is 13.2. The van der Waals surface area contributed by atoms with Crippen LogP contribution < -0.4 is 5.32 Å². The molecular weight excluding hydrogens is 294 g/mol. The molecule has 1 aliphatic rings. The number of hydrogen-bond acceptors (Lipinski definition) is 3. The van der Waals surface area contributed by atoms with E-state index < -0.39 is 11.5 Å². The lowest BCUT2D eigenvalue weighted by atomic mass is 9.76. The number of carbonyl (C=O) groups is 2. The molecule has 23 heavy (non-hydrogen) atoms. The van der Waals surface area contributed by atoms with Crippen molar-refractivity contribution < 1.29 is 14.7 Å². The number of hydrogen-bond donors (Lipinski definition) is 2. The quantitative estimate of drug-likeness (QED) is 0.906. The monoisotopic (exact) mass is 313 g/mol. The van der Waals surface area contributed by atoms with Crippen LogP contribution in [0.15, 0.2) is 30.3 Å². The fraction of sp³-hybridized carbons (Fsp3) is 0.353. The molecule has 0 saturated heterocycles. The van der Waals surface area contributed by atoms with E-state index in [-0.39, 0.29) is 5.91 Å². The Kier molecular flexibility index (Phi) is 3.67. The van der Waals surface area contributed by atoms with Crippen molar-refractivity contribution in [2.45, 2.75) is 38.6 Å². The summed E-state index contributed by atoms with van der Waals surface area (Å²) in [7, 11) is 0. The largest absolute Gasteiger partial charge is 0.480 e. The smallest absolute Gasteiger partial charge is 0.329 e. The van der Waals surface area contributed by atoms with Gasteiger partial charge in [-0.15, -0.1) is 0 Å². The molecule has 120 valence electrons. The number of benzene rings is 1. The molecule has 1 aromatic carbocycles. The van der Waals surface area contributed by atoms with Crippen LogP contribution in [0.25, 0.3) is 5.69 Å². The molecular formula is C17H19N3O3. The van der Waals surface area contributed by atoms with E-state index in [1.54, 1.807) is 12.1 Å². The number of nitrogens with zero attached hydrogens (tertiary/aromatic N) is 2. The van der Waals surface area contributed by atoms with Crippen LogP contribution in [-0.4, -0.2) is 32.3 Å². The predicted molar refractivity (Wildman–Crippen MR) is 84.7 cm³/mol. The molecule has 2 aromatic rings. The highest BCUT2D eigenvalue weighted by atomic mass is 16.4. The molecule has 2 N–H and O–H groups in total. The molecule has 6 heteroatoms. The molecule has 1 amide bonds. The van der Waals surface area contributed by atoms with Crippen LogP contribution in [0.5, 0.6) is 0 Å². The summed E-state index contributed by atoms with van der Waals surface area (Å²) in [6.07, 6.45) is 1.79. The summed E-state index contributed by atoms with van der Waals surface area (Å²) in [5.74, 6) is -1.32. The Morgan fingerprint density at radius 2 is 1.87 bits per heavy atom. The Morgan fingerprint density at radius 3 is 2.30 bits per heavy atom. The second kappa shape index (κ2) is 5.53. The third kappa shape index (κ3) is 2.72. The SMILES string of the molecule is Cc1cc(C)n(-c2ccc(C(=O)NC3(C(=O)O)CCC3)cc2)n1. The highest BCUT2D eigenvalue weighted by Gasteiger charge is 2.45. The van der Waals surface area contributed by atoms with Crippen molar-refractivity contribution in [1.82, 2.24) is 15.1 Å². The van der Waals surface area contributed by atoms with Crippen molar-refractivity contribution >= 4 is 11.9 Å². The van der Waals surface area contributed by atoms with Gasteiger partial charge in [0, 0.05) is 11.3 Å². The third-order valence-electron chi connectivity index (χ3n) is 4.35. The molecule has 1 aliphatic carbocycles. The van der Waals surface area contributed by atoms with E-state index in [1.165, 1.54) is 0 Å². The van der Waals surface area contributed by atoms with Gasteiger partial charge in [0.05, 0.1) is 11.4 Å². The van der Waals surface area contributed by atoms with Crippen LogP contribution in [0.4, 0.5) is 0 Å². The number of aromatic nitrogens is 2. The minimum absolute atomic E-state index is 0.355. The number of carboxylic acid groups (broad SMARTS) is 1. The van der Waals surface area contributed by atoms with Gasteiger partial charge in [0.15, 0.2) is 0 Å². The van der Waals surface area contributed by atoms with Gasteiger partial charge in [-0.25, -0.2) is 9.48 Å². The lowest BCUT2D eigenvalue weighted by molar-refractivity contribution is -0.148. The Balaban J connectivity index is 1.78. The molecule has 1 saturated carbocycles. The molecule has 0 unspecified atom stereocenters. The number of aryl methyl sites for hydroxylation is 2. The van der Waals surface area contributed by atoms with E-state index >= 15 is 0 Å². The average molecular weight is 313 g/mol. The van der Waals surface area contributed by atoms with E-state index in [2.05, 4.69) is 10.4 Å². The molecule has 0 radical (unpaired) electrons. The minimum Gasteiger partial charge on any atom is -0.480 e.